The van der Waals surface area contributed by atoms with Crippen molar-refractivity contribution in [3.63, 3.8) is 0 Å². The van der Waals surface area contributed by atoms with Crippen LogP contribution in [-0.2, 0) is 6.54 Å². The molecular weight excluding hydrogens is 274 g/mol. The van der Waals surface area contributed by atoms with Gasteiger partial charge in [-0.2, -0.15) is 0 Å². The third kappa shape index (κ3) is 2.42. The molecule has 0 aromatic carbocycles. The zero-order valence-electron chi connectivity index (χ0n) is 8.20. The fraction of sp³-hybridized carbons (Fsp3) is 0.200. The zero-order valence-corrected chi connectivity index (χ0v) is 10.6. The second-order valence-corrected chi connectivity index (χ2v) is 4.83. The molecule has 1 N–H and O–H groups in total. The Morgan fingerprint density at radius 2 is 2.13 bits per heavy atom. The summed E-state index contributed by atoms with van der Waals surface area (Å²) in [4.78, 5) is 9.67. The van der Waals surface area contributed by atoms with Crippen LogP contribution in [0.2, 0.25) is 0 Å². The lowest BCUT2D eigenvalue weighted by Gasteiger charge is -1.93. The summed E-state index contributed by atoms with van der Waals surface area (Å²) in [5.74, 6) is 0. The van der Waals surface area contributed by atoms with Gasteiger partial charge >= 0.3 is 0 Å². The predicted molar refractivity (Wildman–Crippen MR) is 65.8 cm³/mol. The van der Waals surface area contributed by atoms with E-state index >= 15 is 0 Å². The molecule has 0 fully saturated rings. The maximum absolute atomic E-state index is 4.47. The molecule has 0 bridgehead atoms. The average Bonchev–Trinajstić information content (AvgIpc) is 2.63. The number of rotatable bonds is 3. The summed E-state index contributed by atoms with van der Waals surface area (Å²) in [5, 5.41) is 4.14. The first-order valence-electron chi connectivity index (χ1n) is 4.51. The standard InChI is InChI=1S/C10H10BrN3S/c1-12-6-8-9(11)14-10(15-8)7-2-4-13-5-3-7/h2-5,12H,6H2,1H3. The van der Waals surface area contributed by atoms with Crippen LogP contribution in [0.3, 0.4) is 0 Å². The highest BCUT2D eigenvalue weighted by molar-refractivity contribution is 9.10. The molecule has 15 heavy (non-hydrogen) atoms. The van der Waals surface area contributed by atoms with Gasteiger partial charge in [-0.1, -0.05) is 0 Å². The van der Waals surface area contributed by atoms with Crippen LogP contribution >= 0.6 is 27.3 Å². The minimum Gasteiger partial charge on any atom is -0.315 e. The summed E-state index contributed by atoms with van der Waals surface area (Å²) >= 11 is 5.15. The molecule has 0 aliphatic carbocycles. The van der Waals surface area contributed by atoms with E-state index in [4.69, 9.17) is 0 Å². The number of hydrogen-bond donors (Lipinski definition) is 1. The summed E-state index contributed by atoms with van der Waals surface area (Å²) in [6, 6.07) is 3.93. The Kier molecular flexibility index (Phi) is 3.45. The van der Waals surface area contributed by atoms with E-state index in [2.05, 4.69) is 31.2 Å². The quantitative estimate of drug-likeness (QED) is 0.941. The van der Waals surface area contributed by atoms with E-state index in [9.17, 15) is 0 Å². The molecule has 3 nitrogen and oxygen atoms in total. The highest BCUT2D eigenvalue weighted by Crippen LogP contribution is 2.30. The Bertz CT molecular complexity index is 441. The van der Waals surface area contributed by atoms with Gasteiger partial charge in [0, 0.05) is 24.5 Å². The molecule has 0 amide bonds. The van der Waals surface area contributed by atoms with Gasteiger partial charge in [0.1, 0.15) is 9.61 Å². The van der Waals surface area contributed by atoms with Crippen molar-refractivity contribution in [2.24, 2.45) is 0 Å². The molecule has 0 saturated carbocycles. The van der Waals surface area contributed by atoms with Crippen molar-refractivity contribution in [1.29, 1.82) is 0 Å². The van der Waals surface area contributed by atoms with Crippen molar-refractivity contribution in [2.75, 3.05) is 7.05 Å². The first kappa shape index (κ1) is 10.7. The molecule has 0 saturated heterocycles. The maximum Gasteiger partial charge on any atom is 0.125 e. The van der Waals surface area contributed by atoms with E-state index < -0.39 is 0 Å². The van der Waals surface area contributed by atoms with Gasteiger partial charge in [-0.15, -0.1) is 11.3 Å². The highest BCUT2D eigenvalue weighted by Gasteiger charge is 2.09. The Balaban J connectivity index is 2.34. The van der Waals surface area contributed by atoms with Gasteiger partial charge in [0.15, 0.2) is 0 Å². The summed E-state index contributed by atoms with van der Waals surface area (Å²) in [6.45, 7) is 0.837. The number of nitrogens with one attached hydrogen (secondary N) is 1. The molecule has 2 rings (SSSR count). The third-order valence-electron chi connectivity index (χ3n) is 1.91. The summed E-state index contributed by atoms with van der Waals surface area (Å²) in [5.41, 5.74) is 1.11. The normalized spacial score (nSPS) is 10.5. The highest BCUT2D eigenvalue weighted by atomic mass is 79.9. The molecule has 2 aromatic rings. The van der Waals surface area contributed by atoms with Gasteiger partial charge in [-0.25, -0.2) is 4.98 Å². The number of thiazole rings is 1. The number of pyridine rings is 1. The molecule has 0 atom stereocenters. The van der Waals surface area contributed by atoms with Crippen molar-refractivity contribution < 1.29 is 0 Å². The van der Waals surface area contributed by atoms with Gasteiger partial charge < -0.3 is 5.32 Å². The maximum atomic E-state index is 4.47. The topological polar surface area (TPSA) is 37.8 Å². The minimum absolute atomic E-state index is 0.837. The second kappa shape index (κ2) is 4.83. The van der Waals surface area contributed by atoms with Gasteiger partial charge in [0.05, 0.1) is 4.88 Å². The van der Waals surface area contributed by atoms with Crippen LogP contribution in [0, 0.1) is 0 Å². The molecule has 0 radical (unpaired) electrons. The molecule has 0 unspecified atom stereocenters. The molecular formula is C10H10BrN3S. The third-order valence-corrected chi connectivity index (χ3v) is 3.94. The molecule has 0 aliphatic heterocycles. The van der Waals surface area contributed by atoms with Crippen LogP contribution in [0.5, 0.6) is 0 Å². The van der Waals surface area contributed by atoms with Crippen molar-refractivity contribution in [3.05, 3.63) is 34.0 Å². The zero-order chi connectivity index (χ0) is 10.7. The summed E-state index contributed by atoms with van der Waals surface area (Å²) in [6.07, 6.45) is 3.56. The largest absolute Gasteiger partial charge is 0.315 e. The Hall–Kier alpha value is -0.780. The first-order chi connectivity index (χ1) is 7.31. The average molecular weight is 284 g/mol. The molecule has 0 aliphatic rings. The van der Waals surface area contributed by atoms with Crippen molar-refractivity contribution >= 4 is 27.3 Å². The summed E-state index contributed by atoms with van der Waals surface area (Å²) < 4.78 is 0.925. The molecule has 2 heterocycles. The Morgan fingerprint density at radius 3 is 2.80 bits per heavy atom. The number of aromatic nitrogens is 2. The number of nitrogens with zero attached hydrogens (tertiary/aromatic N) is 2. The van der Waals surface area contributed by atoms with Gasteiger partial charge in [-0.3, -0.25) is 4.98 Å². The van der Waals surface area contributed by atoms with Gasteiger partial charge in [0.2, 0.25) is 0 Å². The van der Waals surface area contributed by atoms with Crippen LogP contribution in [-0.4, -0.2) is 17.0 Å². The van der Waals surface area contributed by atoms with E-state index in [-0.39, 0.29) is 0 Å². The van der Waals surface area contributed by atoms with Crippen LogP contribution in [0.25, 0.3) is 10.6 Å². The van der Waals surface area contributed by atoms with Crippen LogP contribution in [0.15, 0.2) is 29.1 Å². The van der Waals surface area contributed by atoms with E-state index in [0.717, 1.165) is 21.7 Å². The van der Waals surface area contributed by atoms with Crippen molar-refractivity contribution in [2.45, 2.75) is 6.54 Å². The number of hydrogen-bond acceptors (Lipinski definition) is 4. The van der Waals surface area contributed by atoms with Crippen LogP contribution < -0.4 is 5.32 Å². The number of halogens is 1. The van der Waals surface area contributed by atoms with Crippen molar-refractivity contribution in [1.82, 2.24) is 15.3 Å². The van der Waals surface area contributed by atoms with E-state index in [1.165, 1.54) is 4.88 Å². The smallest absolute Gasteiger partial charge is 0.125 e. The lowest BCUT2D eigenvalue weighted by Crippen LogP contribution is -2.03. The van der Waals surface area contributed by atoms with Crippen LogP contribution in [0.1, 0.15) is 4.88 Å². The Labute approximate surface area is 101 Å². The van der Waals surface area contributed by atoms with E-state index in [1.54, 1.807) is 23.7 Å². The minimum atomic E-state index is 0.837. The summed E-state index contributed by atoms with van der Waals surface area (Å²) in [7, 11) is 1.93. The lowest BCUT2D eigenvalue weighted by molar-refractivity contribution is 0.825. The molecule has 5 heteroatoms. The van der Waals surface area contributed by atoms with Crippen LogP contribution in [0.4, 0.5) is 0 Å². The second-order valence-electron chi connectivity index (χ2n) is 3.00. The molecule has 78 valence electrons. The Morgan fingerprint density at radius 1 is 1.40 bits per heavy atom. The van der Waals surface area contributed by atoms with Crippen molar-refractivity contribution in [3.8, 4) is 10.6 Å². The SMILES string of the molecule is CNCc1sc(-c2ccncc2)nc1Br. The lowest BCUT2D eigenvalue weighted by atomic mass is 10.3. The van der Waals surface area contributed by atoms with E-state index in [0.29, 0.717) is 0 Å². The van der Waals surface area contributed by atoms with Gasteiger partial charge in [0.25, 0.3) is 0 Å². The molecule has 0 spiro atoms. The van der Waals surface area contributed by atoms with E-state index in [1.807, 2.05) is 19.2 Å². The monoisotopic (exact) mass is 283 g/mol. The predicted octanol–water partition coefficient (Wildman–Crippen LogP) is 2.69. The van der Waals surface area contributed by atoms with Gasteiger partial charge in [-0.05, 0) is 35.1 Å². The first-order valence-corrected chi connectivity index (χ1v) is 6.12. The fourth-order valence-electron chi connectivity index (χ4n) is 1.22. The fourth-order valence-corrected chi connectivity index (χ4v) is 2.87. The molecule has 2 aromatic heterocycles.